The molecule has 1 N–H and O–H groups in total. The van der Waals surface area contributed by atoms with Crippen molar-refractivity contribution in [3.8, 4) is 6.08 Å². The lowest BCUT2D eigenvalue weighted by atomic mass is 10.2. The lowest BCUT2D eigenvalue weighted by molar-refractivity contribution is 0.224. The summed E-state index contributed by atoms with van der Waals surface area (Å²) in [5, 5.41) is 3.28. The van der Waals surface area contributed by atoms with Crippen LogP contribution in [0.25, 0.3) is 0 Å². The molecule has 0 unspecified atom stereocenters. The van der Waals surface area contributed by atoms with E-state index in [2.05, 4.69) is 31.1 Å². The van der Waals surface area contributed by atoms with Crippen molar-refractivity contribution in [2.24, 2.45) is 0 Å². The first-order chi connectivity index (χ1) is 8.22. The SMILES string of the molecule is CCCCCCOc1nc(CNC(C)C)co1. The maximum atomic E-state index is 5.43. The van der Waals surface area contributed by atoms with Gasteiger partial charge in [-0.2, -0.15) is 4.98 Å². The van der Waals surface area contributed by atoms with Crippen molar-refractivity contribution in [1.29, 1.82) is 0 Å². The Bertz CT molecular complexity index is 297. The molecule has 0 aliphatic heterocycles. The summed E-state index contributed by atoms with van der Waals surface area (Å²) in [4.78, 5) is 4.25. The zero-order valence-corrected chi connectivity index (χ0v) is 11.2. The van der Waals surface area contributed by atoms with E-state index in [1.807, 2.05) is 0 Å². The third-order valence-electron chi connectivity index (χ3n) is 2.45. The van der Waals surface area contributed by atoms with Crippen LogP contribution in [0.2, 0.25) is 0 Å². The summed E-state index contributed by atoms with van der Waals surface area (Å²) in [6, 6.07) is 0.449. The van der Waals surface area contributed by atoms with Crippen LogP contribution >= 0.6 is 0 Å². The smallest absolute Gasteiger partial charge is 0.393 e. The molecule has 1 rings (SSSR count). The van der Waals surface area contributed by atoms with Gasteiger partial charge in [-0.3, -0.25) is 0 Å². The summed E-state index contributed by atoms with van der Waals surface area (Å²) in [5.41, 5.74) is 0.891. The second kappa shape index (κ2) is 8.12. The molecule has 0 saturated carbocycles. The van der Waals surface area contributed by atoms with Crippen molar-refractivity contribution >= 4 is 0 Å². The van der Waals surface area contributed by atoms with E-state index in [1.165, 1.54) is 19.3 Å². The number of rotatable bonds is 9. The van der Waals surface area contributed by atoms with Crippen LogP contribution < -0.4 is 10.1 Å². The summed E-state index contributed by atoms with van der Waals surface area (Å²) < 4.78 is 10.7. The molecule has 98 valence electrons. The summed E-state index contributed by atoms with van der Waals surface area (Å²) in [5.74, 6) is 0. The van der Waals surface area contributed by atoms with Crippen molar-refractivity contribution in [3.63, 3.8) is 0 Å². The highest BCUT2D eigenvalue weighted by Crippen LogP contribution is 2.11. The fraction of sp³-hybridized carbons (Fsp3) is 0.769. The number of oxazole rings is 1. The predicted octanol–water partition coefficient (Wildman–Crippen LogP) is 3.13. The molecule has 0 fully saturated rings. The van der Waals surface area contributed by atoms with Gasteiger partial charge in [0.15, 0.2) is 0 Å². The molecule has 0 amide bonds. The molecule has 1 aromatic rings. The van der Waals surface area contributed by atoms with Crippen molar-refractivity contribution in [3.05, 3.63) is 12.0 Å². The summed E-state index contributed by atoms with van der Waals surface area (Å²) in [6.45, 7) is 7.82. The predicted molar refractivity (Wildman–Crippen MR) is 68.1 cm³/mol. The van der Waals surface area contributed by atoms with Gasteiger partial charge in [-0.1, -0.05) is 40.0 Å². The van der Waals surface area contributed by atoms with E-state index < -0.39 is 0 Å². The van der Waals surface area contributed by atoms with E-state index in [-0.39, 0.29) is 0 Å². The van der Waals surface area contributed by atoms with Gasteiger partial charge in [0.1, 0.15) is 6.26 Å². The van der Waals surface area contributed by atoms with Crippen LogP contribution in [0.5, 0.6) is 6.08 Å². The Morgan fingerprint density at radius 2 is 2.18 bits per heavy atom. The summed E-state index contributed by atoms with van der Waals surface area (Å²) in [7, 11) is 0. The van der Waals surface area contributed by atoms with Crippen LogP contribution in [-0.4, -0.2) is 17.6 Å². The van der Waals surface area contributed by atoms with Gasteiger partial charge in [0, 0.05) is 12.6 Å². The molecular weight excluding hydrogens is 216 g/mol. The Morgan fingerprint density at radius 3 is 2.88 bits per heavy atom. The van der Waals surface area contributed by atoms with Crippen LogP contribution in [0.4, 0.5) is 0 Å². The Kier molecular flexibility index (Phi) is 6.70. The van der Waals surface area contributed by atoms with Crippen LogP contribution in [0, 0.1) is 0 Å². The minimum absolute atomic E-state index is 0.391. The van der Waals surface area contributed by atoms with E-state index >= 15 is 0 Å². The number of nitrogens with zero attached hydrogens (tertiary/aromatic N) is 1. The average molecular weight is 240 g/mol. The van der Waals surface area contributed by atoms with E-state index in [1.54, 1.807) is 6.26 Å². The van der Waals surface area contributed by atoms with E-state index in [0.29, 0.717) is 18.7 Å². The molecule has 0 spiro atoms. The second-order valence-corrected chi connectivity index (χ2v) is 4.55. The lowest BCUT2D eigenvalue weighted by Crippen LogP contribution is -2.21. The standard InChI is InChI=1S/C13H24N2O2/c1-4-5-6-7-8-16-13-15-12(10-17-13)9-14-11(2)3/h10-11,14H,4-9H2,1-3H3. The molecule has 4 heteroatoms. The molecule has 17 heavy (non-hydrogen) atoms. The van der Waals surface area contributed by atoms with E-state index in [0.717, 1.165) is 18.7 Å². The number of hydrogen-bond acceptors (Lipinski definition) is 4. The Labute approximate surface area is 104 Å². The molecule has 1 aromatic heterocycles. The average Bonchev–Trinajstić information content (AvgIpc) is 2.74. The van der Waals surface area contributed by atoms with E-state index in [4.69, 9.17) is 9.15 Å². The van der Waals surface area contributed by atoms with Crippen LogP contribution in [0.15, 0.2) is 10.7 Å². The molecule has 1 heterocycles. The first-order valence-corrected chi connectivity index (χ1v) is 6.53. The molecule has 0 aliphatic rings. The van der Waals surface area contributed by atoms with E-state index in [9.17, 15) is 0 Å². The highest BCUT2D eigenvalue weighted by molar-refractivity contribution is 4.99. The van der Waals surface area contributed by atoms with Gasteiger partial charge in [-0.25, -0.2) is 0 Å². The first kappa shape index (κ1) is 14.0. The fourth-order valence-corrected chi connectivity index (χ4v) is 1.43. The van der Waals surface area contributed by atoms with Crippen molar-refractivity contribution in [1.82, 2.24) is 10.3 Å². The van der Waals surface area contributed by atoms with Crippen molar-refractivity contribution < 1.29 is 9.15 Å². The summed E-state index contributed by atoms with van der Waals surface area (Å²) in [6.07, 6.45) is 6.82. The van der Waals surface area contributed by atoms with Gasteiger partial charge >= 0.3 is 6.08 Å². The number of unbranched alkanes of at least 4 members (excludes halogenated alkanes) is 3. The lowest BCUT2D eigenvalue weighted by Gasteiger charge is -2.04. The van der Waals surface area contributed by atoms with Crippen LogP contribution in [0.1, 0.15) is 52.1 Å². The number of hydrogen-bond donors (Lipinski definition) is 1. The molecule has 0 aliphatic carbocycles. The summed E-state index contributed by atoms with van der Waals surface area (Å²) >= 11 is 0. The molecule has 4 nitrogen and oxygen atoms in total. The van der Waals surface area contributed by atoms with Gasteiger partial charge in [-0.15, -0.1) is 0 Å². The Hall–Kier alpha value is -1.03. The molecule has 0 radical (unpaired) electrons. The maximum absolute atomic E-state index is 5.43. The first-order valence-electron chi connectivity index (χ1n) is 6.53. The number of nitrogens with one attached hydrogen (secondary N) is 1. The quantitative estimate of drug-likeness (QED) is 0.674. The minimum Gasteiger partial charge on any atom is -0.450 e. The fourth-order valence-electron chi connectivity index (χ4n) is 1.43. The van der Waals surface area contributed by atoms with Crippen molar-refractivity contribution in [2.45, 2.75) is 59.0 Å². The van der Waals surface area contributed by atoms with Gasteiger partial charge < -0.3 is 14.5 Å². The van der Waals surface area contributed by atoms with Gasteiger partial charge in [0.25, 0.3) is 0 Å². The number of aromatic nitrogens is 1. The molecule has 0 saturated heterocycles. The topological polar surface area (TPSA) is 47.3 Å². The zero-order valence-electron chi connectivity index (χ0n) is 11.2. The molecule has 0 atom stereocenters. The van der Waals surface area contributed by atoms with Gasteiger partial charge in [-0.05, 0) is 6.42 Å². The second-order valence-electron chi connectivity index (χ2n) is 4.55. The third-order valence-corrected chi connectivity index (χ3v) is 2.45. The van der Waals surface area contributed by atoms with Gasteiger partial charge in [0.05, 0.1) is 12.3 Å². The minimum atomic E-state index is 0.391. The highest BCUT2D eigenvalue weighted by atomic mass is 16.6. The Balaban J connectivity index is 2.17. The van der Waals surface area contributed by atoms with Crippen LogP contribution in [0.3, 0.4) is 0 Å². The largest absolute Gasteiger partial charge is 0.450 e. The molecule has 0 bridgehead atoms. The maximum Gasteiger partial charge on any atom is 0.393 e. The van der Waals surface area contributed by atoms with Crippen LogP contribution in [-0.2, 0) is 6.54 Å². The monoisotopic (exact) mass is 240 g/mol. The third kappa shape index (κ3) is 6.31. The van der Waals surface area contributed by atoms with Crippen molar-refractivity contribution in [2.75, 3.05) is 6.61 Å². The van der Waals surface area contributed by atoms with Gasteiger partial charge in [0.2, 0.25) is 0 Å². The number of ether oxygens (including phenoxy) is 1. The normalized spacial score (nSPS) is 11.1. The zero-order chi connectivity index (χ0) is 12.5. The molecule has 0 aromatic carbocycles. The molecular formula is C13H24N2O2. The Morgan fingerprint density at radius 1 is 1.35 bits per heavy atom. The highest BCUT2D eigenvalue weighted by Gasteiger charge is 2.05.